The molecule has 0 radical (unpaired) electrons. The molecule has 4 rings (SSSR count). The lowest BCUT2D eigenvalue weighted by Gasteiger charge is -2.44. The topological polar surface area (TPSA) is 118 Å². The lowest BCUT2D eigenvalue weighted by atomic mass is 10.0. The Balaban J connectivity index is 1.63. The van der Waals surface area contributed by atoms with Gasteiger partial charge in [-0.2, -0.15) is 0 Å². The summed E-state index contributed by atoms with van der Waals surface area (Å²) >= 11 is -1.24. The van der Waals surface area contributed by atoms with Crippen LogP contribution in [0.3, 0.4) is 0 Å². The zero-order valence-corrected chi connectivity index (χ0v) is 17.4. The van der Waals surface area contributed by atoms with Gasteiger partial charge in [0.2, 0.25) is 0 Å². The SMILES string of the molecule is O=C(NO)c1cnc(N2CC[N+](c3ccccc3-c3cccnc3)(S(=O)[O-])CC2)s1. The van der Waals surface area contributed by atoms with Crippen molar-refractivity contribution in [1.82, 2.24) is 19.3 Å². The Hall–Kier alpha value is -2.70. The van der Waals surface area contributed by atoms with Crippen molar-refractivity contribution in [2.75, 3.05) is 31.1 Å². The number of rotatable bonds is 5. The van der Waals surface area contributed by atoms with E-state index in [0.717, 1.165) is 22.5 Å². The van der Waals surface area contributed by atoms with Gasteiger partial charge < -0.3 is 9.45 Å². The van der Waals surface area contributed by atoms with E-state index >= 15 is 0 Å². The number of nitrogens with one attached hydrogen (secondary N) is 1. The number of pyridine rings is 1. The summed E-state index contributed by atoms with van der Waals surface area (Å²) in [5, 5.41) is 9.39. The van der Waals surface area contributed by atoms with Crippen LogP contribution in [0.1, 0.15) is 9.67 Å². The fourth-order valence-electron chi connectivity index (χ4n) is 3.62. The van der Waals surface area contributed by atoms with Gasteiger partial charge in [0.05, 0.1) is 19.3 Å². The summed E-state index contributed by atoms with van der Waals surface area (Å²) in [5.41, 5.74) is 3.99. The largest absolute Gasteiger partial charge is 0.724 e. The Bertz CT molecular complexity index is 1070. The van der Waals surface area contributed by atoms with Crippen molar-refractivity contribution in [2.24, 2.45) is 0 Å². The molecule has 1 aliphatic rings. The molecule has 1 aliphatic heterocycles. The molecular weight excluding hydrogens is 426 g/mol. The molecule has 1 fully saturated rings. The number of para-hydroxylation sites is 1. The highest BCUT2D eigenvalue weighted by molar-refractivity contribution is 7.78. The van der Waals surface area contributed by atoms with Crippen LogP contribution in [0.25, 0.3) is 11.1 Å². The van der Waals surface area contributed by atoms with Gasteiger partial charge in [0, 0.05) is 29.6 Å². The summed E-state index contributed by atoms with van der Waals surface area (Å²) in [5.74, 6) is -0.619. The first kappa shape index (κ1) is 20.6. The van der Waals surface area contributed by atoms with E-state index in [1.807, 2.05) is 41.3 Å². The second-order valence-corrected chi connectivity index (χ2v) is 8.89. The zero-order chi connectivity index (χ0) is 21.1. The Morgan fingerprint density at radius 3 is 2.63 bits per heavy atom. The highest BCUT2D eigenvalue weighted by Gasteiger charge is 2.40. The third-order valence-electron chi connectivity index (χ3n) is 5.15. The third-order valence-corrected chi connectivity index (χ3v) is 7.34. The molecule has 30 heavy (non-hydrogen) atoms. The molecule has 3 aromatic rings. The number of carbonyl (C=O) groups excluding carboxylic acids is 1. The van der Waals surface area contributed by atoms with E-state index in [1.54, 1.807) is 17.9 Å². The fraction of sp³-hybridized carbons (Fsp3) is 0.211. The summed E-state index contributed by atoms with van der Waals surface area (Å²) in [6.07, 6.45) is 4.80. The Labute approximate surface area is 179 Å². The van der Waals surface area contributed by atoms with Crippen molar-refractivity contribution in [2.45, 2.75) is 0 Å². The minimum absolute atomic E-state index is 0.197. The molecule has 3 heterocycles. The molecule has 156 valence electrons. The molecule has 11 heteroatoms. The highest BCUT2D eigenvalue weighted by Crippen LogP contribution is 2.37. The highest BCUT2D eigenvalue weighted by atomic mass is 32.2. The molecule has 0 bridgehead atoms. The molecule has 1 atom stereocenters. The minimum atomic E-state index is -2.39. The number of hydrogen-bond donors (Lipinski definition) is 2. The normalized spacial score (nSPS) is 16.8. The second kappa shape index (κ2) is 8.58. The van der Waals surface area contributed by atoms with Crippen molar-refractivity contribution in [3.8, 4) is 11.1 Å². The zero-order valence-electron chi connectivity index (χ0n) is 15.8. The van der Waals surface area contributed by atoms with Gasteiger partial charge in [-0.05, 0) is 12.1 Å². The number of amides is 1. The van der Waals surface area contributed by atoms with Gasteiger partial charge >= 0.3 is 0 Å². The molecule has 9 nitrogen and oxygen atoms in total. The summed E-state index contributed by atoms with van der Waals surface area (Å²) in [6, 6.07) is 11.2. The summed E-state index contributed by atoms with van der Waals surface area (Å²) in [6.45, 7) is 1.55. The van der Waals surface area contributed by atoms with Crippen LogP contribution in [-0.2, 0) is 11.3 Å². The number of aromatic nitrogens is 2. The number of thiazole rings is 1. The molecule has 2 N–H and O–H groups in total. The standard InChI is InChI=1S/C19H19N5O4S2/c25-18(22-26)17-13-21-19(29-17)23-8-10-24(11-9-23,30(27)28)16-6-2-1-5-15(16)14-4-3-7-20-12-14/h1-7,12-13H,8-11H2,(H2-,22,25,26,27,28). The number of anilines is 1. The average molecular weight is 446 g/mol. The van der Waals surface area contributed by atoms with E-state index in [1.165, 1.54) is 6.20 Å². The smallest absolute Gasteiger partial charge is 0.286 e. The van der Waals surface area contributed by atoms with Crippen LogP contribution in [0.4, 0.5) is 10.8 Å². The summed E-state index contributed by atoms with van der Waals surface area (Å²) in [4.78, 5) is 22.2. The van der Waals surface area contributed by atoms with Gasteiger partial charge in [-0.3, -0.25) is 15.0 Å². The quantitative estimate of drug-likeness (QED) is 0.267. The van der Waals surface area contributed by atoms with Gasteiger partial charge in [0.1, 0.15) is 18.0 Å². The molecule has 0 saturated carbocycles. The van der Waals surface area contributed by atoms with Crippen molar-refractivity contribution in [1.29, 1.82) is 0 Å². The van der Waals surface area contributed by atoms with Gasteiger partial charge in [-0.15, -0.1) is 0 Å². The van der Waals surface area contributed by atoms with E-state index in [4.69, 9.17) is 5.21 Å². The van der Waals surface area contributed by atoms with Crippen molar-refractivity contribution >= 4 is 39.3 Å². The number of carbonyl (C=O) groups is 1. The van der Waals surface area contributed by atoms with Gasteiger partial charge in [0.25, 0.3) is 5.91 Å². The van der Waals surface area contributed by atoms with Crippen LogP contribution in [0.5, 0.6) is 0 Å². The number of nitrogens with zero attached hydrogens (tertiary/aromatic N) is 4. The van der Waals surface area contributed by atoms with E-state index in [9.17, 15) is 13.6 Å². The van der Waals surface area contributed by atoms with Crippen LogP contribution in [0.2, 0.25) is 0 Å². The Kier molecular flexibility index (Phi) is 5.88. The van der Waals surface area contributed by atoms with Crippen LogP contribution in [-0.4, -0.2) is 56.0 Å². The van der Waals surface area contributed by atoms with Gasteiger partial charge in [-0.1, -0.05) is 29.5 Å². The van der Waals surface area contributed by atoms with Gasteiger partial charge in [0.15, 0.2) is 22.1 Å². The molecule has 2 aromatic heterocycles. The van der Waals surface area contributed by atoms with Crippen LogP contribution >= 0.6 is 11.3 Å². The second-order valence-electron chi connectivity index (χ2n) is 6.75. The predicted octanol–water partition coefficient (Wildman–Crippen LogP) is 1.95. The first-order valence-corrected chi connectivity index (χ1v) is 11.0. The number of benzene rings is 1. The van der Waals surface area contributed by atoms with Crippen molar-refractivity contribution in [3.63, 3.8) is 0 Å². The predicted molar refractivity (Wildman–Crippen MR) is 114 cm³/mol. The molecule has 0 spiro atoms. The Morgan fingerprint density at radius 2 is 1.97 bits per heavy atom. The number of hydrogen-bond acceptors (Lipinski definition) is 8. The maximum absolute atomic E-state index is 12.5. The number of hydroxylamine groups is 1. The van der Waals surface area contributed by atoms with E-state index < -0.39 is 17.2 Å². The molecule has 1 aromatic carbocycles. The lowest BCUT2D eigenvalue weighted by molar-refractivity contribution is 0.0710. The third kappa shape index (κ3) is 3.73. The summed E-state index contributed by atoms with van der Waals surface area (Å²) < 4.78 is 24.8. The molecular formula is C19H19N5O4S2. The van der Waals surface area contributed by atoms with Crippen molar-refractivity contribution in [3.05, 3.63) is 59.9 Å². The number of quaternary nitrogens is 1. The molecule has 1 saturated heterocycles. The first-order chi connectivity index (χ1) is 14.5. The van der Waals surface area contributed by atoms with Crippen LogP contribution < -0.4 is 14.3 Å². The van der Waals surface area contributed by atoms with E-state index in [-0.39, 0.29) is 8.77 Å². The number of piperazine rings is 1. The monoisotopic (exact) mass is 445 g/mol. The molecule has 0 aliphatic carbocycles. The Morgan fingerprint density at radius 1 is 1.20 bits per heavy atom. The van der Waals surface area contributed by atoms with Crippen molar-refractivity contribution < 1.29 is 18.8 Å². The fourth-order valence-corrected chi connectivity index (χ4v) is 5.25. The van der Waals surface area contributed by atoms with E-state index in [0.29, 0.717) is 37.0 Å². The maximum atomic E-state index is 12.5. The maximum Gasteiger partial charge on any atom is 0.286 e. The molecule has 1 unspecified atom stereocenters. The van der Waals surface area contributed by atoms with Gasteiger partial charge in [-0.25, -0.2) is 18.6 Å². The minimum Gasteiger partial charge on any atom is -0.724 e. The van der Waals surface area contributed by atoms with E-state index in [2.05, 4.69) is 9.97 Å². The average Bonchev–Trinajstić information content (AvgIpc) is 3.29. The first-order valence-electron chi connectivity index (χ1n) is 9.17. The van der Waals surface area contributed by atoms with Crippen LogP contribution in [0, 0.1) is 0 Å². The molecule has 1 amide bonds. The lowest BCUT2D eigenvalue weighted by Crippen LogP contribution is -2.61. The van der Waals surface area contributed by atoms with Crippen LogP contribution in [0.15, 0.2) is 55.0 Å². The summed E-state index contributed by atoms with van der Waals surface area (Å²) in [7, 11) is 0.